The molecule has 0 aliphatic carbocycles. The van der Waals surface area contributed by atoms with Crippen LogP contribution in [0.25, 0.3) is 0 Å². The van der Waals surface area contributed by atoms with Gasteiger partial charge in [-0.25, -0.2) is 4.79 Å². The number of nitrogens with two attached hydrogens (primary N) is 1. The van der Waals surface area contributed by atoms with Crippen LogP contribution in [0.2, 0.25) is 0 Å². The van der Waals surface area contributed by atoms with Crippen LogP contribution in [-0.2, 0) is 4.74 Å². The Balaban J connectivity index is 2.91. The van der Waals surface area contributed by atoms with E-state index in [9.17, 15) is 18.0 Å². The van der Waals surface area contributed by atoms with Crippen molar-refractivity contribution in [2.45, 2.75) is 18.9 Å². The molecular formula is C11H12F3NO4. The summed E-state index contributed by atoms with van der Waals surface area (Å²) in [5.41, 5.74) is 5.09. The molecular weight excluding hydrogens is 267 g/mol. The number of ether oxygens (including phenoxy) is 2. The Labute approximate surface area is 106 Å². The highest BCUT2D eigenvalue weighted by atomic mass is 19.4. The lowest BCUT2D eigenvalue weighted by molar-refractivity contribution is -0.274. The van der Waals surface area contributed by atoms with Gasteiger partial charge in [0.1, 0.15) is 11.9 Å². The fourth-order valence-electron chi connectivity index (χ4n) is 1.46. The average molecular weight is 279 g/mol. The van der Waals surface area contributed by atoms with Gasteiger partial charge in [-0.15, -0.1) is 13.2 Å². The lowest BCUT2D eigenvalue weighted by atomic mass is 10.1. The first-order valence-electron chi connectivity index (χ1n) is 5.24. The van der Waals surface area contributed by atoms with Crippen LogP contribution in [0.3, 0.4) is 0 Å². The van der Waals surface area contributed by atoms with Gasteiger partial charge in [0.15, 0.2) is 0 Å². The van der Waals surface area contributed by atoms with E-state index in [-0.39, 0.29) is 18.6 Å². The van der Waals surface area contributed by atoms with Crippen molar-refractivity contribution in [2.75, 3.05) is 6.61 Å². The summed E-state index contributed by atoms with van der Waals surface area (Å²) in [5.74, 6) is -0.444. The van der Waals surface area contributed by atoms with E-state index in [1.165, 1.54) is 12.1 Å². The zero-order chi connectivity index (χ0) is 14.5. The SMILES string of the molecule is NC(=O)O[C@@H](CCO)c1cccc(OC(F)(F)F)c1. The molecule has 19 heavy (non-hydrogen) atoms. The lowest BCUT2D eigenvalue weighted by Crippen LogP contribution is -2.19. The maximum Gasteiger partial charge on any atom is 0.573 e. The summed E-state index contributed by atoms with van der Waals surface area (Å²) in [5, 5.41) is 8.82. The number of hydrogen-bond acceptors (Lipinski definition) is 4. The first kappa shape index (κ1) is 15.1. The summed E-state index contributed by atoms with van der Waals surface area (Å²) in [6.45, 7) is -0.317. The number of benzene rings is 1. The van der Waals surface area contributed by atoms with Crippen LogP contribution in [-0.4, -0.2) is 24.2 Å². The van der Waals surface area contributed by atoms with Crippen LogP contribution in [0.4, 0.5) is 18.0 Å². The van der Waals surface area contributed by atoms with E-state index in [0.717, 1.165) is 12.1 Å². The maximum atomic E-state index is 12.1. The Kier molecular flexibility index (Phi) is 4.99. The van der Waals surface area contributed by atoms with Crippen molar-refractivity contribution in [3.8, 4) is 5.75 Å². The number of carbonyl (C=O) groups is 1. The molecule has 1 atom stereocenters. The molecule has 0 radical (unpaired) electrons. The molecule has 0 fully saturated rings. The fraction of sp³-hybridized carbons (Fsp3) is 0.364. The monoisotopic (exact) mass is 279 g/mol. The molecule has 0 saturated carbocycles. The average Bonchev–Trinajstić information content (AvgIpc) is 2.26. The predicted octanol–water partition coefficient (Wildman–Crippen LogP) is 2.10. The number of aliphatic hydroxyl groups is 1. The molecule has 1 aromatic carbocycles. The van der Waals surface area contributed by atoms with Crippen LogP contribution in [0.5, 0.6) is 5.75 Å². The summed E-state index contributed by atoms with van der Waals surface area (Å²) < 4.78 is 44.6. The van der Waals surface area contributed by atoms with E-state index >= 15 is 0 Å². The van der Waals surface area contributed by atoms with E-state index in [1.807, 2.05) is 0 Å². The molecule has 8 heteroatoms. The second-order valence-electron chi connectivity index (χ2n) is 3.56. The molecule has 1 amide bonds. The first-order valence-corrected chi connectivity index (χ1v) is 5.24. The fourth-order valence-corrected chi connectivity index (χ4v) is 1.46. The van der Waals surface area contributed by atoms with Crippen molar-refractivity contribution in [3.05, 3.63) is 29.8 Å². The third kappa shape index (κ3) is 5.47. The van der Waals surface area contributed by atoms with Crippen molar-refractivity contribution in [1.29, 1.82) is 0 Å². The molecule has 0 spiro atoms. The zero-order valence-electron chi connectivity index (χ0n) is 9.68. The van der Waals surface area contributed by atoms with Crippen LogP contribution in [0.15, 0.2) is 24.3 Å². The van der Waals surface area contributed by atoms with Crippen molar-refractivity contribution in [1.82, 2.24) is 0 Å². The number of aliphatic hydroxyl groups excluding tert-OH is 1. The van der Waals surface area contributed by atoms with Crippen LogP contribution < -0.4 is 10.5 Å². The van der Waals surface area contributed by atoms with Crippen molar-refractivity contribution in [3.63, 3.8) is 0 Å². The highest BCUT2D eigenvalue weighted by molar-refractivity contribution is 5.65. The molecule has 0 saturated heterocycles. The summed E-state index contributed by atoms with van der Waals surface area (Å²) in [6.07, 6.45) is -6.81. The van der Waals surface area contributed by atoms with Crippen LogP contribution in [0, 0.1) is 0 Å². The van der Waals surface area contributed by atoms with E-state index in [0.29, 0.717) is 0 Å². The molecule has 5 nitrogen and oxygen atoms in total. The third-order valence-corrected chi connectivity index (χ3v) is 2.11. The van der Waals surface area contributed by atoms with E-state index in [4.69, 9.17) is 15.6 Å². The van der Waals surface area contributed by atoms with Gasteiger partial charge in [0.2, 0.25) is 0 Å². The van der Waals surface area contributed by atoms with Gasteiger partial charge >= 0.3 is 12.5 Å². The topological polar surface area (TPSA) is 81.8 Å². The quantitative estimate of drug-likeness (QED) is 0.864. The minimum Gasteiger partial charge on any atom is -0.441 e. The smallest absolute Gasteiger partial charge is 0.441 e. The van der Waals surface area contributed by atoms with E-state index < -0.39 is 24.3 Å². The standard InChI is InChI=1S/C11H12F3NO4/c12-11(13,14)19-8-3-1-2-7(6-8)9(4-5-16)18-10(15)17/h1-3,6,9,16H,4-5H2,(H2,15,17)/t9-/m0/s1. The van der Waals surface area contributed by atoms with Gasteiger partial charge in [-0.05, 0) is 17.7 Å². The predicted molar refractivity (Wildman–Crippen MR) is 58.2 cm³/mol. The summed E-state index contributed by atoms with van der Waals surface area (Å²) in [6, 6.07) is 4.92. The molecule has 0 aliphatic heterocycles. The largest absolute Gasteiger partial charge is 0.573 e. The number of hydrogen-bond donors (Lipinski definition) is 2. The second kappa shape index (κ2) is 6.28. The minimum atomic E-state index is -4.81. The summed E-state index contributed by atoms with van der Waals surface area (Å²) in [4.78, 5) is 10.7. The van der Waals surface area contributed by atoms with Gasteiger partial charge in [0.25, 0.3) is 0 Å². The molecule has 0 aromatic heterocycles. The van der Waals surface area contributed by atoms with Gasteiger partial charge in [0, 0.05) is 13.0 Å². The van der Waals surface area contributed by atoms with E-state index in [1.54, 1.807) is 0 Å². The number of rotatable bonds is 5. The van der Waals surface area contributed by atoms with E-state index in [2.05, 4.69) is 4.74 Å². The normalized spacial score (nSPS) is 12.8. The number of primary amides is 1. The Hall–Kier alpha value is -1.96. The molecule has 0 aliphatic rings. The maximum absolute atomic E-state index is 12.1. The Morgan fingerprint density at radius 2 is 2.11 bits per heavy atom. The highest BCUT2D eigenvalue weighted by Gasteiger charge is 2.31. The van der Waals surface area contributed by atoms with Crippen molar-refractivity contribution >= 4 is 6.09 Å². The molecule has 3 N–H and O–H groups in total. The van der Waals surface area contributed by atoms with Crippen LogP contribution >= 0.6 is 0 Å². The second-order valence-corrected chi connectivity index (χ2v) is 3.56. The molecule has 1 aromatic rings. The molecule has 0 bridgehead atoms. The number of carbonyl (C=O) groups excluding carboxylic acids is 1. The number of halogens is 3. The van der Waals surface area contributed by atoms with Crippen molar-refractivity contribution < 1.29 is 32.5 Å². The van der Waals surface area contributed by atoms with Gasteiger partial charge in [-0.1, -0.05) is 12.1 Å². The number of amides is 1. The first-order chi connectivity index (χ1) is 8.81. The third-order valence-electron chi connectivity index (χ3n) is 2.11. The highest BCUT2D eigenvalue weighted by Crippen LogP contribution is 2.28. The summed E-state index contributed by atoms with van der Waals surface area (Å²) >= 11 is 0. The van der Waals surface area contributed by atoms with Gasteiger partial charge < -0.3 is 20.3 Å². The van der Waals surface area contributed by atoms with Gasteiger partial charge in [-0.3, -0.25) is 0 Å². The lowest BCUT2D eigenvalue weighted by Gasteiger charge is -2.17. The summed E-state index contributed by atoms with van der Waals surface area (Å²) in [7, 11) is 0. The minimum absolute atomic E-state index is 0.0123. The molecule has 106 valence electrons. The van der Waals surface area contributed by atoms with Gasteiger partial charge in [-0.2, -0.15) is 0 Å². The number of alkyl halides is 3. The Bertz CT molecular complexity index is 436. The zero-order valence-corrected chi connectivity index (χ0v) is 9.68. The molecule has 1 rings (SSSR count). The molecule has 0 unspecified atom stereocenters. The van der Waals surface area contributed by atoms with Gasteiger partial charge in [0.05, 0.1) is 0 Å². The van der Waals surface area contributed by atoms with Crippen LogP contribution in [0.1, 0.15) is 18.1 Å². The van der Waals surface area contributed by atoms with Crippen molar-refractivity contribution in [2.24, 2.45) is 5.73 Å². The Morgan fingerprint density at radius 1 is 1.42 bits per heavy atom. The Morgan fingerprint density at radius 3 is 2.63 bits per heavy atom. The molecule has 0 heterocycles.